The number of aliphatic hydroxyl groups excluding tert-OH is 1. The Morgan fingerprint density at radius 2 is 1.81 bits per heavy atom. The molecule has 0 saturated heterocycles. The van der Waals surface area contributed by atoms with E-state index >= 15 is 0 Å². The molecule has 1 aliphatic rings. The van der Waals surface area contributed by atoms with E-state index in [1.807, 2.05) is 31.2 Å². The minimum atomic E-state index is -0.261. The van der Waals surface area contributed by atoms with Gasteiger partial charge in [-0.3, -0.25) is 4.79 Å². The van der Waals surface area contributed by atoms with Gasteiger partial charge in [-0.1, -0.05) is 30.3 Å². The van der Waals surface area contributed by atoms with Crippen LogP contribution in [0.25, 0.3) is 5.76 Å². The highest BCUT2D eigenvalue weighted by Crippen LogP contribution is 2.30. The van der Waals surface area contributed by atoms with Crippen LogP contribution in [0.2, 0.25) is 0 Å². The number of allylic oxidation sites excluding steroid dienone is 1. The van der Waals surface area contributed by atoms with Crippen LogP contribution in [0.1, 0.15) is 21.6 Å². The van der Waals surface area contributed by atoms with Crippen LogP contribution in [-0.4, -0.2) is 32.1 Å². The summed E-state index contributed by atoms with van der Waals surface area (Å²) in [5, 5.41) is 11.8. The first-order valence-corrected chi connectivity index (χ1v) is 8.99. The van der Waals surface area contributed by atoms with Gasteiger partial charge >= 0.3 is 0 Å². The van der Waals surface area contributed by atoms with Gasteiger partial charge in [-0.25, -0.2) is 19.9 Å². The Balaban J connectivity index is 1.62. The maximum atomic E-state index is 12.4. The lowest BCUT2D eigenvalue weighted by Gasteiger charge is -2.02. The van der Waals surface area contributed by atoms with Gasteiger partial charge in [0.2, 0.25) is 0 Å². The molecular weight excluding hydrogens is 360 g/mol. The minimum absolute atomic E-state index is 0.0740. The lowest BCUT2D eigenvalue weighted by atomic mass is 10.1. The van der Waals surface area contributed by atoms with Gasteiger partial charge in [-0.05, 0) is 36.9 Å². The van der Waals surface area contributed by atoms with Crippen molar-refractivity contribution in [1.82, 2.24) is 15.0 Å². The van der Waals surface area contributed by atoms with E-state index in [1.54, 1.807) is 30.5 Å². The van der Waals surface area contributed by atoms with Gasteiger partial charge in [-0.2, -0.15) is 0 Å². The molecule has 1 aromatic carbocycles. The number of fused-ring (bicyclic) bond motifs is 1. The number of carbonyl (C=O) groups excluding carboxylic acids is 1. The standard InChI is InChI=1S/C20H14N4O2S/c1-12-10-17(27-16-8-4-5-9-21-16)24-20(23-12)22-11-15-18(25)13-6-2-3-7-14(13)19(15)26/h2-11,25H,1H3/b22-11+. The Morgan fingerprint density at radius 3 is 2.56 bits per heavy atom. The van der Waals surface area contributed by atoms with Crippen molar-refractivity contribution in [3.63, 3.8) is 0 Å². The van der Waals surface area contributed by atoms with Crippen molar-refractivity contribution in [3.8, 4) is 0 Å². The summed E-state index contributed by atoms with van der Waals surface area (Å²) in [5.74, 6) is -0.116. The molecule has 2 heterocycles. The zero-order valence-electron chi connectivity index (χ0n) is 14.3. The van der Waals surface area contributed by atoms with Gasteiger partial charge in [0.15, 0.2) is 5.78 Å². The summed E-state index contributed by atoms with van der Waals surface area (Å²) >= 11 is 1.40. The molecule has 1 N–H and O–H groups in total. The van der Waals surface area contributed by atoms with E-state index < -0.39 is 0 Å². The van der Waals surface area contributed by atoms with Crippen LogP contribution in [0.15, 0.2) is 75.3 Å². The quantitative estimate of drug-likeness (QED) is 0.544. The van der Waals surface area contributed by atoms with Crippen LogP contribution < -0.4 is 0 Å². The lowest BCUT2D eigenvalue weighted by Crippen LogP contribution is -2.00. The van der Waals surface area contributed by atoms with Crippen LogP contribution >= 0.6 is 11.8 Å². The summed E-state index contributed by atoms with van der Waals surface area (Å²) in [7, 11) is 0. The van der Waals surface area contributed by atoms with Crippen molar-refractivity contribution in [2.45, 2.75) is 17.0 Å². The normalized spacial score (nSPS) is 13.4. The van der Waals surface area contributed by atoms with Gasteiger partial charge < -0.3 is 5.11 Å². The number of ketones is 1. The molecule has 6 nitrogen and oxygen atoms in total. The van der Waals surface area contributed by atoms with Crippen molar-refractivity contribution < 1.29 is 9.90 Å². The highest BCUT2D eigenvalue weighted by molar-refractivity contribution is 7.99. The van der Waals surface area contributed by atoms with Gasteiger partial charge in [0, 0.05) is 29.2 Å². The molecule has 2 aromatic heterocycles. The molecule has 0 amide bonds. The number of aryl methyl sites for hydroxylation is 1. The molecule has 0 saturated carbocycles. The number of carbonyl (C=O) groups is 1. The molecule has 0 atom stereocenters. The number of pyridine rings is 1. The Hall–Kier alpha value is -3.32. The second-order valence-corrected chi connectivity index (χ2v) is 6.85. The minimum Gasteiger partial charge on any atom is -0.506 e. The number of rotatable bonds is 4. The number of aliphatic imine (C=N–C) groups is 1. The van der Waals surface area contributed by atoms with Crippen LogP contribution in [-0.2, 0) is 0 Å². The molecule has 4 rings (SSSR count). The Kier molecular flexibility index (Phi) is 4.52. The Morgan fingerprint density at radius 1 is 1.04 bits per heavy atom. The Bertz CT molecular complexity index is 1090. The number of aromatic nitrogens is 3. The molecule has 0 unspecified atom stereocenters. The predicted octanol–water partition coefficient (Wildman–Crippen LogP) is 4.20. The molecule has 0 spiro atoms. The zero-order valence-corrected chi connectivity index (χ0v) is 15.1. The number of benzene rings is 1. The molecule has 0 fully saturated rings. The fourth-order valence-electron chi connectivity index (χ4n) is 2.68. The highest BCUT2D eigenvalue weighted by atomic mass is 32.2. The van der Waals surface area contributed by atoms with Crippen molar-refractivity contribution in [2.75, 3.05) is 0 Å². The van der Waals surface area contributed by atoms with Gasteiger partial charge in [0.05, 0.1) is 5.57 Å². The monoisotopic (exact) mass is 374 g/mol. The first-order chi connectivity index (χ1) is 13.1. The van der Waals surface area contributed by atoms with E-state index in [-0.39, 0.29) is 23.1 Å². The maximum absolute atomic E-state index is 12.4. The van der Waals surface area contributed by atoms with Crippen LogP contribution in [0.5, 0.6) is 0 Å². The third-order valence-electron chi connectivity index (χ3n) is 3.90. The molecule has 3 aromatic rings. The summed E-state index contributed by atoms with van der Waals surface area (Å²) < 4.78 is 0. The first-order valence-electron chi connectivity index (χ1n) is 8.18. The summed E-state index contributed by atoms with van der Waals surface area (Å²) in [6.45, 7) is 1.84. The van der Waals surface area contributed by atoms with Crippen LogP contribution in [0, 0.1) is 6.92 Å². The maximum Gasteiger partial charge on any atom is 0.250 e. The lowest BCUT2D eigenvalue weighted by molar-refractivity contribution is 0.104. The largest absolute Gasteiger partial charge is 0.506 e. The summed E-state index contributed by atoms with van der Waals surface area (Å²) in [6, 6.07) is 14.4. The fourth-order valence-corrected chi connectivity index (χ4v) is 3.51. The van der Waals surface area contributed by atoms with E-state index in [0.717, 1.165) is 10.7 Å². The fraction of sp³-hybridized carbons (Fsp3) is 0.0500. The average Bonchev–Trinajstić information content (AvgIpc) is 2.91. The van der Waals surface area contributed by atoms with Gasteiger partial charge in [0.1, 0.15) is 15.8 Å². The number of aliphatic hydroxyl groups is 1. The average molecular weight is 374 g/mol. The molecule has 27 heavy (non-hydrogen) atoms. The summed E-state index contributed by atoms with van der Waals surface area (Å²) in [5.41, 5.74) is 1.86. The summed E-state index contributed by atoms with van der Waals surface area (Å²) in [4.78, 5) is 29.6. The second-order valence-electron chi connectivity index (χ2n) is 5.81. The molecule has 132 valence electrons. The molecule has 0 bridgehead atoms. The van der Waals surface area contributed by atoms with Crippen LogP contribution in [0.4, 0.5) is 5.95 Å². The second kappa shape index (κ2) is 7.13. The topological polar surface area (TPSA) is 88.3 Å². The molecule has 7 heteroatoms. The van der Waals surface area contributed by atoms with E-state index in [9.17, 15) is 9.90 Å². The molecule has 0 aliphatic heterocycles. The molecular formula is C20H14N4O2S. The Labute approximate surface area is 159 Å². The molecule has 0 radical (unpaired) electrons. The van der Waals surface area contributed by atoms with Crippen molar-refractivity contribution in [1.29, 1.82) is 0 Å². The zero-order chi connectivity index (χ0) is 18.8. The number of Topliss-reactive ketones (excluding diaryl/α,β-unsaturated/α-hetero) is 1. The molecule has 1 aliphatic carbocycles. The van der Waals surface area contributed by atoms with E-state index in [4.69, 9.17) is 0 Å². The summed E-state index contributed by atoms with van der Waals surface area (Å²) in [6.07, 6.45) is 3.04. The van der Waals surface area contributed by atoms with Gasteiger partial charge in [0.25, 0.3) is 5.95 Å². The number of nitrogens with zero attached hydrogens (tertiary/aromatic N) is 4. The van der Waals surface area contributed by atoms with Crippen LogP contribution in [0.3, 0.4) is 0 Å². The predicted molar refractivity (Wildman–Crippen MR) is 104 cm³/mol. The van der Waals surface area contributed by atoms with E-state index in [2.05, 4.69) is 19.9 Å². The number of hydrogen-bond donors (Lipinski definition) is 1. The van der Waals surface area contributed by atoms with E-state index in [1.165, 1.54) is 18.0 Å². The smallest absolute Gasteiger partial charge is 0.250 e. The van der Waals surface area contributed by atoms with Crippen molar-refractivity contribution >= 4 is 35.5 Å². The highest BCUT2D eigenvalue weighted by Gasteiger charge is 2.28. The van der Waals surface area contributed by atoms with Crippen molar-refractivity contribution in [3.05, 3.63) is 77.1 Å². The SMILES string of the molecule is Cc1cc(Sc2ccccn2)nc(/N=C/C2=C(O)c3ccccc3C2=O)n1. The van der Waals surface area contributed by atoms with E-state index in [0.29, 0.717) is 16.2 Å². The first kappa shape index (κ1) is 17.1. The number of hydrogen-bond acceptors (Lipinski definition) is 7. The third-order valence-corrected chi connectivity index (χ3v) is 4.77. The third kappa shape index (κ3) is 3.50. The van der Waals surface area contributed by atoms with Crippen molar-refractivity contribution in [2.24, 2.45) is 4.99 Å². The van der Waals surface area contributed by atoms with Gasteiger partial charge in [-0.15, -0.1) is 0 Å².